The summed E-state index contributed by atoms with van der Waals surface area (Å²) in [5, 5.41) is 5.99. The zero-order valence-electron chi connectivity index (χ0n) is 10.5. The number of nitrogens with one attached hydrogen (secondary N) is 2. The van der Waals surface area contributed by atoms with E-state index in [-0.39, 0.29) is 11.7 Å². The van der Waals surface area contributed by atoms with Crippen LogP contribution < -0.4 is 10.6 Å². The highest BCUT2D eigenvalue weighted by Gasteiger charge is 2.08. The van der Waals surface area contributed by atoms with Gasteiger partial charge in [0.15, 0.2) is 0 Å². The van der Waals surface area contributed by atoms with Gasteiger partial charge in [0, 0.05) is 24.7 Å². The Kier molecular flexibility index (Phi) is 5.10. The molecule has 0 unspecified atom stereocenters. The molecule has 0 saturated carbocycles. The van der Waals surface area contributed by atoms with E-state index in [1.165, 1.54) is 18.2 Å². The molecule has 0 radical (unpaired) electrons. The minimum Gasteiger partial charge on any atom is -0.351 e. The summed E-state index contributed by atoms with van der Waals surface area (Å²) in [5.41, 5.74) is 1.18. The molecule has 1 aromatic rings. The number of hydrogen-bond acceptors (Lipinski definition) is 2. The summed E-state index contributed by atoms with van der Waals surface area (Å²) < 4.78 is 12.9. The molecule has 4 heteroatoms. The zero-order valence-corrected chi connectivity index (χ0v) is 10.5. The number of carbonyl (C=O) groups excluding carboxylic acids is 1. The Balaban J connectivity index is 2.47. The van der Waals surface area contributed by atoms with Crippen molar-refractivity contribution in [1.29, 1.82) is 0 Å². The molecule has 0 spiro atoms. The lowest BCUT2D eigenvalue weighted by molar-refractivity contribution is 0.0953. The van der Waals surface area contributed by atoms with Crippen molar-refractivity contribution in [3.63, 3.8) is 0 Å². The molecular formula is C13H19FN2O. The Labute approximate surface area is 101 Å². The molecule has 2 N–H and O–H groups in total. The highest BCUT2D eigenvalue weighted by atomic mass is 19.1. The average Bonchev–Trinajstić information content (AvgIpc) is 2.23. The molecule has 94 valence electrons. The van der Waals surface area contributed by atoms with E-state index >= 15 is 0 Å². The van der Waals surface area contributed by atoms with Gasteiger partial charge in [-0.15, -0.1) is 0 Å². The van der Waals surface area contributed by atoms with Crippen LogP contribution in [-0.4, -0.2) is 25.0 Å². The lowest BCUT2D eigenvalue weighted by Crippen LogP contribution is -2.34. The maximum atomic E-state index is 12.9. The number of carbonyl (C=O) groups is 1. The van der Waals surface area contributed by atoms with Gasteiger partial charge in [-0.2, -0.15) is 0 Å². The fourth-order valence-electron chi connectivity index (χ4n) is 1.51. The highest BCUT2D eigenvalue weighted by Crippen LogP contribution is 2.09. The molecule has 0 bridgehead atoms. The third-order valence-electron chi connectivity index (χ3n) is 2.40. The Bertz CT molecular complexity index is 391. The second-order valence-corrected chi connectivity index (χ2v) is 4.32. The summed E-state index contributed by atoms with van der Waals surface area (Å²) in [4.78, 5) is 11.8. The quantitative estimate of drug-likeness (QED) is 0.769. The van der Waals surface area contributed by atoms with Crippen LogP contribution >= 0.6 is 0 Å². The summed E-state index contributed by atoms with van der Waals surface area (Å²) in [7, 11) is 0. The molecule has 1 amide bonds. The number of halogens is 1. The molecule has 0 aliphatic heterocycles. The number of aryl methyl sites for hydroxylation is 1. The summed E-state index contributed by atoms with van der Waals surface area (Å²) in [6.07, 6.45) is 0. The van der Waals surface area contributed by atoms with Gasteiger partial charge in [0.2, 0.25) is 0 Å². The topological polar surface area (TPSA) is 41.1 Å². The molecule has 1 aromatic carbocycles. The zero-order chi connectivity index (χ0) is 12.8. The first kappa shape index (κ1) is 13.6. The summed E-state index contributed by atoms with van der Waals surface area (Å²) >= 11 is 0. The van der Waals surface area contributed by atoms with Gasteiger partial charge in [-0.05, 0) is 30.7 Å². The molecule has 0 aliphatic rings. The van der Waals surface area contributed by atoms with E-state index in [1.54, 1.807) is 6.92 Å². The molecule has 3 nitrogen and oxygen atoms in total. The van der Waals surface area contributed by atoms with E-state index in [0.717, 1.165) is 6.54 Å². The first-order valence-electron chi connectivity index (χ1n) is 5.78. The van der Waals surface area contributed by atoms with Gasteiger partial charge in [-0.25, -0.2) is 4.39 Å². The predicted molar refractivity (Wildman–Crippen MR) is 66.6 cm³/mol. The van der Waals surface area contributed by atoms with E-state index in [1.807, 2.05) is 13.8 Å². The van der Waals surface area contributed by atoms with Crippen LogP contribution in [0, 0.1) is 12.7 Å². The van der Waals surface area contributed by atoms with Gasteiger partial charge in [0.1, 0.15) is 5.82 Å². The molecule has 1 rings (SSSR count). The van der Waals surface area contributed by atoms with Crippen LogP contribution in [0.3, 0.4) is 0 Å². The lowest BCUT2D eigenvalue weighted by atomic mass is 10.1. The minimum atomic E-state index is -0.319. The number of amides is 1. The molecule has 0 aromatic heterocycles. The fraction of sp³-hybridized carbons (Fsp3) is 0.462. The number of rotatable bonds is 5. The second kappa shape index (κ2) is 6.35. The Morgan fingerprint density at radius 2 is 2.06 bits per heavy atom. The largest absolute Gasteiger partial charge is 0.351 e. The maximum Gasteiger partial charge on any atom is 0.251 e. The molecule has 0 aliphatic carbocycles. The van der Waals surface area contributed by atoms with Crippen LogP contribution in [0.4, 0.5) is 4.39 Å². The lowest BCUT2D eigenvalue weighted by Gasteiger charge is -2.10. The van der Waals surface area contributed by atoms with E-state index in [4.69, 9.17) is 0 Å². The van der Waals surface area contributed by atoms with Crippen molar-refractivity contribution < 1.29 is 9.18 Å². The molecular weight excluding hydrogens is 219 g/mol. The Hall–Kier alpha value is -1.42. The van der Waals surface area contributed by atoms with Crippen molar-refractivity contribution in [2.24, 2.45) is 0 Å². The fourth-order valence-corrected chi connectivity index (χ4v) is 1.51. The Morgan fingerprint density at radius 1 is 1.35 bits per heavy atom. The predicted octanol–water partition coefficient (Wildman–Crippen LogP) is 1.86. The van der Waals surface area contributed by atoms with Crippen LogP contribution in [-0.2, 0) is 0 Å². The first-order chi connectivity index (χ1) is 8.00. The molecule has 0 fully saturated rings. The monoisotopic (exact) mass is 238 g/mol. The standard InChI is InChI=1S/C13H19FN2O/c1-9(2)15-6-7-16-13(17)12-5-4-11(14)8-10(12)3/h4-5,8-9,15H,6-7H2,1-3H3,(H,16,17). The van der Waals surface area contributed by atoms with E-state index in [9.17, 15) is 9.18 Å². The van der Waals surface area contributed by atoms with Crippen LogP contribution in [0.25, 0.3) is 0 Å². The molecule has 17 heavy (non-hydrogen) atoms. The maximum absolute atomic E-state index is 12.9. The van der Waals surface area contributed by atoms with Crippen LogP contribution in [0.1, 0.15) is 29.8 Å². The van der Waals surface area contributed by atoms with Crippen LogP contribution in [0.15, 0.2) is 18.2 Å². The smallest absolute Gasteiger partial charge is 0.251 e. The van der Waals surface area contributed by atoms with Crippen molar-refractivity contribution in [3.8, 4) is 0 Å². The van der Waals surface area contributed by atoms with E-state index in [2.05, 4.69) is 10.6 Å². The number of benzene rings is 1. The SMILES string of the molecule is Cc1cc(F)ccc1C(=O)NCCNC(C)C. The summed E-state index contributed by atoms with van der Waals surface area (Å²) in [5.74, 6) is -0.478. The van der Waals surface area contributed by atoms with Crippen molar-refractivity contribution in [3.05, 3.63) is 35.1 Å². The van der Waals surface area contributed by atoms with Crippen molar-refractivity contribution >= 4 is 5.91 Å². The second-order valence-electron chi connectivity index (χ2n) is 4.32. The van der Waals surface area contributed by atoms with Gasteiger partial charge >= 0.3 is 0 Å². The van der Waals surface area contributed by atoms with Gasteiger partial charge < -0.3 is 10.6 Å². The normalized spacial score (nSPS) is 10.6. The van der Waals surface area contributed by atoms with E-state index in [0.29, 0.717) is 23.7 Å². The summed E-state index contributed by atoms with van der Waals surface area (Å²) in [6.45, 7) is 7.11. The van der Waals surface area contributed by atoms with E-state index < -0.39 is 0 Å². The minimum absolute atomic E-state index is 0.159. The van der Waals surface area contributed by atoms with Gasteiger partial charge in [-0.1, -0.05) is 13.8 Å². The van der Waals surface area contributed by atoms with Crippen molar-refractivity contribution in [1.82, 2.24) is 10.6 Å². The third-order valence-corrected chi connectivity index (χ3v) is 2.40. The Morgan fingerprint density at radius 3 is 2.65 bits per heavy atom. The summed E-state index contributed by atoms with van der Waals surface area (Å²) in [6, 6.07) is 4.57. The van der Waals surface area contributed by atoms with Crippen molar-refractivity contribution in [2.75, 3.05) is 13.1 Å². The van der Waals surface area contributed by atoms with Gasteiger partial charge in [0.05, 0.1) is 0 Å². The molecule has 0 heterocycles. The molecule has 0 atom stereocenters. The molecule has 0 saturated heterocycles. The van der Waals surface area contributed by atoms with Crippen LogP contribution in [0.5, 0.6) is 0 Å². The van der Waals surface area contributed by atoms with Crippen LogP contribution in [0.2, 0.25) is 0 Å². The van der Waals surface area contributed by atoms with Gasteiger partial charge in [-0.3, -0.25) is 4.79 Å². The van der Waals surface area contributed by atoms with Gasteiger partial charge in [0.25, 0.3) is 5.91 Å². The number of hydrogen-bond donors (Lipinski definition) is 2. The highest BCUT2D eigenvalue weighted by molar-refractivity contribution is 5.95. The van der Waals surface area contributed by atoms with Crippen molar-refractivity contribution in [2.45, 2.75) is 26.8 Å². The third kappa shape index (κ3) is 4.53. The average molecular weight is 238 g/mol. The first-order valence-corrected chi connectivity index (χ1v) is 5.78.